The lowest BCUT2D eigenvalue weighted by Gasteiger charge is -2.15. The number of carboxylic acid groups (broad SMARTS) is 1. The number of aryl methyl sites for hydroxylation is 1. The van der Waals surface area contributed by atoms with Gasteiger partial charge in [0.1, 0.15) is 11.6 Å². The van der Waals surface area contributed by atoms with Crippen molar-refractivity contribution < 1.29 is 33.9 Å². The van der Waals surface area contributed by atoms with Crippen LogP contribution in [0, 0.1) is 6.92 Å². The van der Waals surface area contributed by atoms with Crippen molar-refractivity contribution in [1.82, 2.24) is 4.98 Å². The molecule has 0 saturated heterocycles. The lowest BCUT2D eigenvalue weighted by atomic mass is 10.1. The molecule has 1 atom stereocenters. The van der Waals surface area contributed by atoms with Gasteiger partial charge in [0, 0.05) is 11.8 Å². The molecule has 0 fully saturated rings. The van der Waals surface area contributed by atoms with Crippen molar-refractivity contribution in [3.63, 3.8) is 0 Å². The van der Waals surface area contributed by atoms with E-state index in [4.69, 9.17) is 15.5 Å². The van der Waals surface area contributed by atoms with Gasteiger partial charge >= 0.3 is 13.8 Å². The molecule has 0 radical (unpaired) electrons. The number of carboxylic acids is 1. The highest BCUT2D eigenvalue weighted by Crippen LogP contribution is 2.38. The average molecular weight is 393 g/mol. The SMILES string of the molecule is CSCC[C@H](N=C(N)c1c(COP(=O)(O)O)cnc(C)c1O)C(=O)O. The van der Waals surface area contributed by atoms with Gasteiger partial charge in [0.15, 0.2) is 6.04 Å². The molecule has 0 aliphatic rings. The number of carbonyl (C=O) groups is 1. The van der Waals surface area contributed by atoms with E-state index in [0.717, 1.165) is 0 Å². The number of thioether (sulfide) groups is 1. The number of aliphatic carboxylic acids is 1. The number of pyridine rings is 1. The summed E-state index contributed by atoms with van der Waals surface area (Å²) in [4.78, 5) is 36.7. The Hall–Kier alpha value is -1.65. The highest BCUT2D eigenvalue weighted by Gasteiger charge is 2.22. The van der Waals surface area contributed by atoms with Crippen LogP contribution in [0.1, 0.15) is 23.2 Å². The minimum Gasteiger partial charge on any atom is -0.505 e. The van der Waals surface area contributed by atoms with Crippen LogP contribution in [0.4, 0.5) is 0 Å². The van der Waals surface area contributed by atoms with E-state index in [0.29, 0.717) is 5.75 Å². The number of aromatic nitrogens is 1. The molecule has 0 aromatic carbocycles. The first-order valence-corrected chi connectivity index (χ1v) is 9.92. The third-order valence-electron chi connectivity index (χ3n) is 3.13. The van der Waals surface area contributed by atoms with Crippen molar-refractivity contribution in [2.24, 2.45) is 10.7 Å². The summed E-state index contributed by atoms with van der Waals surface area (Å²) >= 11 is 1.45. The van der Waals surface area contributed by atoms with Gasteiger partial charge in [-0.2, -0.15) is 11.8 Å². The summed E-state index contributed by atoms with van der Waals surface area (Å²) in [5, 5.41) is 19.4. The van der Waals surface area contributed by atoms with Gasteiger partial charge in [-0.3, -0.25) is 14.5 Å². The van der Waals surface area contributed by atoms with Gasteiger partial charge in [-0.1, -0.05) is 0 Å². The summed E-state index contributed by atoms with van der Waals surface area (Å²) in [5.41, 5.74) is 6.07. The highest BCUT2D eigenvalue weighted by atomic mass is 32.2. The van der Waals surface area contributed by atoms with E-state index in [2.05, 4.69) is 14.5 Å². The number of hydrogen-bond acceptors (Lipinski definition) is 7. The third-order valence-corrected chi connectivity index (χ3v) is 4.24. The summed E-state index contributed by atoms with van der Waals surface area (Å²) < 4.78 is 15.3. The normalized spacial score (nSPS) is 13.7. The Morgan fingerprint density at radius 3 is 2.68 bits per heavy atom. The number of rotatable bonds is 9. The quantitative estimate of drug-likeness (QED) is 0.227. The Balaban J connectivity index is 3.27. The maximum Gasteiger partial charge on any atom is 0.469 e. The highest BCUT2D eigenvalue weighted by molar-refractivity contribution is 7.98. The molecule has 0 saturated carbocycles. The first-order valence-electron chi connectivity index (χ1n) is 6.99. The summed E-state index contributed by atoms with van der Waals surface area (Å²) in [6.45, 7) is 0.904. The molecule has 10 nitrogen and oxygen atoms in total. The smallest absolute Gasteiger partial charge is 0.469 e. The first kappa shape index (κ1) is 21.4. The van der Waals surface area contributed by atoms with E-state index in [9.17, 15) is 19.6 Å². The van der Waals surface area contributed by atoms with Crippen molar-refractivity contribution in [2.75, 3.05) is 12.0 Å². The van der Waals surface area contributed by atoms with Crippen LogP contribution in [0.15, 0.2) is 11.2 Å². The van der Waals surface area contributed by atoms with Crippen LogP contribution in [0.3, 0.4) is 0 Å². The third kappa shape index (κ3) is 6.63. The van der Waals surface area contributed by atoms with Gasteiger partial charge in [0.25, 0.3) is 0 Å². The van der Waals surface area contributed by atoms with E-state index in [-0.39, 0.29) is 34.8 Å². The molecule has 0 aliphatic heterocycles. The number of phosphoric acid groups is 1. The number of hydrogen-bond donors (Lipinski definition) is 5. The van der Waals surface area contributed by atoms with Gasteiger partial charge < -0.3 is 25.7 Å². The van der Waals surface area contributed by atoms with Crippen LogP contribution in [0.5, 0.6) is 5.75 Å². The summed E-state index contributed by atoms with van der Waals surface area (Å²) in [5.74, 6) is -1.26. The van der Waals surface area contributed by atoms with E-state index < -0.39 is 26.4 Å². The van der Waals surface area contributed by atoms with E-state index >= 15 is 0 Å². The lowest BCUT2D eigenvalue weighted by molar-refractivity contribution is -0.138. The van der Waals surface area contributed by atoms with Gasteiger partial charge in [-0.25, -0.2) is 9.36 Å². The Kier molecular flexibility index (Phi) is 7.84. The van der Waals surface area contributed by atoms with E-state index in [1.807, 2.05) is 6.26 Å². The van der Waals surface area contributed by atoms with Crippen molar-refractivity contribution >= 4 is 31.4 Å². The fraction of sp³-hybridized carbons (Fsp3) is 0.462. The Morgan fingerprint density at radius 2 is 2.16 bits per heavy atom. The summed E-state index contributed by atoms with van der Waals surface area (Å²) in [6, 6.07) is -1.11. The van der Waals surface area contributed by atoms with Gasteiger partial charge in [-0.15, -0.1) is 0 Å². The number of aliphatic imine (C=N–C) groups is 1. The minimum absolute atomic E-state index is 0.0589. The summed E-state index contributed by atoms with van der Waals surface area (Å²) in [7, 11) is -4.75. The first-order chi connectivity index (χ1) is 11.6. The minimum atomic E-state index is -4.75. The van der Waals surface area contributed by atoms with Crippen LogP contribution < -0.4 is 5.73 Å². The monoisotopic (exact) mass is 393 g/mol. The molecule has 0 spiro atoms. The second kappa shape index (κ2) is 9.16. The van der Waals surface area contributed by atoms with Gasteiger partial charge in [0.05, 0.1) is 17.9 Å². The number of phosphoric ester groups is 1. The second-order valence-corrected chi connectivity index (χ2v) is 7.23. The molecular formula is C13H20N3O7PS. The predicted octanol–water partition coefficient (Wildman–Crippen LogP) is 0.617. The van der Waals surface area contributed by atoms with Crippen LogP contribution >= 0.6 is 19.6 Å². The van der Waals surface area contributed by atoms with Crippen molar-refractivity contribution in [1.29, 1.82) is 0 Å². The molecule has 12 heteroatoms. The lowest BCUT2D eigenvalue weighted by Crippen LogP contribution is -2.25. The zero-order valence-corrected chi connectivity index (χ0v) is 15.3. The zero-order valence-electron chi connectivity index (χ0n) is 13.6. The fourth-order valence-corrected chi connectivity index (χ4v) is 2.65. The van der Waals surface area contributed by atoms with Crippen LogP contribution in [-0.4, -0.2) is 54.8 Å². The van der Waals surface area contributed by atoms with Gasteiger partial charge in [-0.05, 0) is 25.4 Å². The molecular weight excluding hydrogens is 373 g/mol. The molecule has 0 unspecified atom stereocenters. The molecule has 25 heavy (non-hydrogen) atoms. The Labute approximate surface area is 148 Å². The molecule has 0 amide bonds. The Morgan fingerprint density at radius 1 is 1.52 bits per heavy atom. The molecule has 1 aromatic heterocycles. The largest absolute Gasteiger partial charge is 0.505 e. The molecule has 1 rings (SSSR count). The molecule has 1 heterocycles. The number of nitrogens with two attached hydrogens (primary N) is 1. The number of amidine groups is 1. The van der Waals surface area contributed by atoms with Crippen molar-refractivity contribution in [3.8, 4) is 5.75 Å². The maximum atomic E-state index is 11.3. The average Bonchev–Trinajstić information content (AvgIpc) is 2.51. The molecule has 0 bridgehead atoms. The van der Waals surface area contributed by atoms with Crippen LogP contribution in [0.2, 0.25) is 0 Å². The number of nitrogens with zero attached hydrogens (tertiary/aromatic N) is 2. The van der Waals surface area contributed by atoms with Crippen molar-refractivity contribution in [3.05, 3.63) is 23.0 Å². The van der Waals surface area contributed by atoms with Crippen molar-refractivity contribution in [2.45, 2.75) is 26.0 Å². The van der Waals surface area contributed by atoms with Crippen LogP contribution in [-0.2, 0) is 20.5 Å². The number of aromatic hydroxyl groups is 1. The summed E-state index contributed by atoms with van der Waals surface area (Å²) in [6.07, 6.45) is 3.28. The fourth-order valence-electron chi connectivity index (χ4n) is 1.89. The standard InChI is InChI=1S/C13H20N3O7PS/c1-7-11(17)10(8(5-15-7)6-23-24(20,21)22)12(14)16-9(13(18)19)3-4-25-2/h5,9,17H,3-4,6H2,1-2H3,(H2,14,16)(H,18,19)(H2,20,21,22)/t9-/m0/s1. The Bertz CT molecular complexity index is 707. The predicted molar refractivity (Wildman–Crippen MR) is 92.6 cm³/mol. The van der Waals surface area contributed by atoms with E-state index in [1.54, 1.807) is 0 Å². The topological polar surface area (TPSA) is 176 Å². The van der Waals surface area contributed by atoms with Crippen LogP contribution in [0.25, 0.3) is 0 Å². The van der Waals surface area contributed by atoms with E-state index in [1.165, 1.54) is 24.9 Å². The zero-order chi connectivity index (χ0) is 19.2. The second-order valence-electron chi connectivity index (χ2n) is 5.01. The molecule has 140 valence electrons. The maximum absolute atomic E-state index is 11.3. The molecule has 1 aromatic rings. The molecule has 0 aliphatic carbocycles. The molecule has 6 N–H and O–H groups in total. The van der Waals surface area contributed by atoms with Gasteiger partial charge in [0.2, 0.25) is 0 Å².